The third-order valence-corrected chi connectivity index (χ3v) is 7.60. The molecule has 0 aromatic carbocycles. The zero-order chi connectivity index (χ0) is 21.3. The molecule has 0 bridgehead atoms. The van der Waals surface area contributed by atoms with Crippen LogP contribution in [0.3, 0.4) is 0 Å². The number of aliphatic hydroxyl groups is 4. The van der Waals surface area contributed by atoms with Gasteiger partial charge >= 0.3 is 5.97 Å². The van der Waals surface area contributed by atoms with E-state index >= 15 is 0 Å². The Balaban J connectivity index is 2.41. The van der Waals surface area contributed by atoms with Crippen molar-refractivity contribution in [2.45, 2.75) is 84.0 Å². The van der Waals surface area contributed by atoms with Gasteiger partial charge in [0.25, 0.3) is 0 Å². The van der Waals surface area contributed by atoms with Gasteiger partial charge in [-0.3, -0.25) is 4.79 Å². The van der Waals surface area contributed by atoms with Crippen molar-refractivity contribution in [2.24, 2.45) is 22.7 Å². The normalized spacial score (nSPS) is 37.3. The largest absolute Gasteiger partial charge is 0.462 e. The van der Waals surface area contributed by atoms with Crippen LogP contribution in [0.15, 0.2) is 12.2 Å². The minimum Gasteiger partial charge on any atom is -0.462 e. The summed E-state index contributed by atoms with van der Waals surface area (Å²) in [7, 11) is 0. The molecule has 6 heteroatoms. The third kappa shape index (κ3) is 4.16. The molecule has 0 heterocycles. The summed E-state index contributed by atoms with van der Waals surface area (Å²) >= 11 is 0. The molecule has 4 N–H and O–H groups in total. The van der Waals surface area contributed by atoms with Gasteiger partial charge in [0.2, 0.25) is 0 Å². The second-order valence-corrected chi connectivity index (χ2v) is 9.73. The van der Waals surface area contributed by atoms with E-state index in [4.69, 9.17) is 4.74 Å². The van der Waals surface area contributed by atoms with Crippen LogP contribution in [-0.4, -0.2) is 57.4 Å². The molecule has 6 nitrogen and oxygen atoms in total. The topological polar surface area (TPSA) is 107 Å². The summed E-state index contributed by atoms with van der Waals surface area (Å²) in [5.74, 6) is -0.512. The van der Waals surface area contributed by atoms with Gasteiger partial charge in [-0.05, 0) is 58.3 Å². The van der Waals surface area contributed by atoms with Crippen molar-refractivity contribution in [1.29, 1.82) is 0 Å². The molecule has 6 atom stereocenters. The van der Waals surface area contributed by atoms with Crippen molar-refractivity contribution in [1.82, 2.24) is 0 Å². The minimum absolute atomic E-state index is 0.0137. The first-order valence-corrected chi connectivity index (χ1v) is 10.4. The average molecular weight is 399 g/mol. The van der Waals surface area contributed by atoms with Gasteiger partial charge < -0.3 is 25.2 Å². The molecule has 2 aliphatic rings. The van der Waals surface area contributed by atoms with Crippen molar-refractivity contribution in [2.75, 3.05) is 13.2 Å². The molecule has 0 aromatic heterocycles. The van der Waals surface area contributed by atoms with E-state index in [2.05, 4.69) is 13.5 Å². The van der Waals surface area contributed by atoms with E-state index in [-0.39, 0.29) is 37.1 Å². The molecule has 2 aliphatic carbocycles. The van der Waals surface area contributed by atoms with E-state index in [9.17, 15) is 25.2 Å². The van der Waals surface area contributed by atoms with Gasteiger partial charge in [0.05, 0.1) is 18.3 Å². The fourth-order valence-electron chi connectivity index (χ4n) is 5.87. The molecule has 0 aromatic rings. The molecule has 0 unspecified atom stereocenters. The van der Waals surface area contributed by atoms with Gasteiger partial charge in [-0.25, -0.2) is 0 Å². The first-order valence-electron chi connectivity index (χ1n) is 10.4. The van der Waals surface area contributed by atoms with Gasteiger partial charge in [0.15, 0.2) is 0 Å². The predicted octanol–water partition coefficient (Wildman–Crippen LogP) is 2.18. The van der Waals surface area contributed by atoms with Crippen LogP contribution < -0.4 is 0 Å². The molecular weight excluding hydrogens is 360 g/mol. The lowest BCUT2D eigenvalue weighted by Gasteiger charge is -2.61. The van der Waals surface area contributed by atoms with E-state index in [0.717, 1.165) is 18.4 Å². The van der Waals surface area contributed by atoms with Crippen molar-refractivity contribution < 1.29 is 30.0 Å². The van der Waals surface area contributed by atoms with E-state index in [0.29, 0.717) is 25.7 Å². The summed E-state index contributed by atoms with van der Waals surface area (Å²) in [5, 5.41) is 41.1. The van der Waals surface area contributed by atoms with Crippen LogP contribution in [0, 0.1) is 22.7 Å². The summed E-state index contributed by atoms with van der Waals surface area (Å²) in [6, 6.07) is 0. The maximum absolute atomic E-state index is 11.8. The molecule has 2 rings (SSSR count). The smallest absolute Gasteiger partial charge is 0.302 e. The molecule has 0 saturated heterocycles. The number of carbonyl (C=O) groups is 1. The van der Waals surface area contributed by atoms with E-state index in [1.807, 2.05) is 0 Å². The van der Waals surface area contributed by atoms with Crippen molar-refractivity contribution in [3.63, 3.8) is 0 Å². The van der Waals surface area contributed by atoms with Crippen LogP contribution in [0.25, 0.3) is 0 Å². The van der Waals surface area contributed by atoms with E-state index in [1.54, 1.807) is 13.8 Å². The quantitative estimate of drug-likeness (QED) is 0.387. The first-order chi connectivity index (χ1) is 12.9. The van der Waals surface area contributed by atoms with Gasteiger partial charge in [0, 0.05) is 30.3 Å². The fourth-order valence-corrected chi connectivity index (χ4v) is 5.87. The molecule has 162 valence electrons. The number of rotatable bonds is 7. The number of fused-ring (bicyclic) bond motifs is 1. The van der Waals surface area contributed by atoms with E-state index in [1.165, 1.54) is 6.92 Å². The molecule has 2 fully saturated rings. The molecule has 0 amide bonds. The monoisotopic (exact) mass is 398 g/mol. The highest BCUT2D eigenvalue weighted by atomic mass is 16.5. The zero-order valence-electron chi connectivity index (χ0n) is 17.8. The Morgan fingerprint density at radius 1 is 1.36 bits per heavy atom. The maximum Gasteiger partial charge on any atom is 0.302 e. The van der Waals surface area contributed by atoms with Gasteiger partial charge in [-0.2, -0.15) is 0 Å². The number of hydrogen-bond donors (Lipinski definition) is 4. The molecular formula is C22H38O6. The summed E-state index contributed by atoms with van der Waals surface area (Å²) < 4.78 is 5.71. The number of carbonyl (C=O) groups excluding carboxylic acids is 1. The SMILES string of the molecule is C=C1CC[C@H]2[C@](C)(CC[C@H](O)C(C)(C)O)[C@@H](OC(C)=O)CC[C@]2(CO)[C@H]1CO. The van der Waals surface area contributed by atoms with Gasteiger partial charge in [0.1, 0.15) is 6.10 Å². The highest BCUT2D eigenvalue weighted by molar-refractivity contribution is 5.66. The molecule has 28 heavy (non-hydrogen) atoms. The Labute approximate surface area is 168 Å². The Morgan fingerprint density at radius 2 is 2.00 bits per heavy atom. The Morgan fingerprint density at radius 3 is 2.50 bits per heavy atom. The summed E-state index contributed by atoms with van der Waals surface area (Å²) in [5.41, 5.74) is -1.23. The maximum atomic E-state index is 11.8. The van der Waals surface area contributed by atoms with Crippen molar-refractivity contribution in [3.8, 4) is 0 Å². The Bertz CT molecular complexity index is 582. The molecule has 2 saturated carbocycles. The number of ether oxygens (including phenoxy) is 1. The van der Waals surface area contributed by atoms with Crippen LogP contribution in [-0.2, 0) is 9.53 Å². The predicted molar refractivity (Wildman–Crippen MR) is 106 cm³/mol. The summed E-state index contributed by atoms with van der Waals surface area (Å²) in [6.45, 7) is 10.6. The summed E-state index contributed by atoms with van der Waals surface area (Å²) in [4.78, 5) is 11.8. The van der Waals surface area contributed by atoms with Crippen LogP contribution in [0.4, 0.5) is 0 Å². The Kier molecular flexibility index (Phi) is 7.02. The van der Waals surface area contributed by atoms with Gasteiger partial charge in [-0.1, -0.05) is 19.1 Å². The number of hydrogen-bond acceptors (Lipinski definition) is 6. The van der Waals surface area contributed by atoms with Crippen LogP contribution in [0.1, 0.15) is 66.2 Å². The second-order valence-electron chi connectivity index (χ2n) is 9.73. The number of aliphatic hydroxyl groups excluding tert-OH is 3. The minimum atomic E-state index is -1.22. The fraction of sp³-hybridized carbons (Fsp3) is 0.864. The second kappa shape index (κ2) is 8.42. The van der Waals surface area contributed by atoms with E-state index < -0.39 is 22.5 Å². The lowest BCUT2D eigenvalue weighted by molar-refractivity contribution is -0.193. The zero-order valence-corrected chi connectivity index (χ0v) is 17.8. The summed E-state index contributed by atoms with van der Waals surface area (Å²) in [6.07, 6.45) is 2.48. The van der Waals surface area contributed by atoms with Crippen LogP contribution in [0.5, 0.6) is 0 Å². The van der Waals surface area contributed by atoms with Crippen molar-refractivity contribution in [3.05, 3.63) is 12.2 Å². The highest BCUT2D eigenvalue weighted by Crippen LogP contribution is 2.62. The lowest BCUT2D eigenvalue weighted by Crippen LogP contribution is -2.60. The molecule has 0 aliphatic heterocycles. The standard InChI is InChI=1S/C22H38O6/c1-14-6-7-17-21(5,10-8-18(26)20(3,4)27)19(28-15(2)25)9-11-22(17,13-24)16(14)12-23/h16-19,23-24,26-27H,1,6-13H2,2-5H3/t16-,17-,18-,19-,21-,22-/m0/s1. The Hall–Kier alpha value is -0.950. The van der Waals surface area contributed by atoms with Crippen LogP contribution >= 0.6 is 0 Å². The molecule has 0 spiro atoms. The third-order valence-electron chi connectivity index (χ3n) is 7.60. The number of esters is 1. The average Bonchev–Trinajstić information content (AvgIpc) is 2.60. The highest BCUT2D eigenvalue weighted by Gasteiger charge is 2.60. The molecule has 0 radical (unpaired) electrons. The van der Waals surface area contributed by atoms with Crippen LogP contribution in [0.2, 0.25) is 0 Å². The lowest BCUT2D eigenvalue weighted by atomic mass is 9.45. The first kappa shape index (κ1) is 23.3. The van der Waals surface area contributed by atoms with Gasteiger partial charge in [-0.15, -0.1) is 0 Å². The van der Waals surface area contributed by atoms with Crippen molar-refractivity contribution >= 4 is 5.97 Å².